The van der Waals surface area contributed by atoms with Crippen LogP contribution >= 0.6 is 0 Å². The fourth-order valence-electron chi connectivity index (χ4n) is 2.73. The van der Waals surface area contributed by atoms with Gasteiger partial charge in [0.25, 0.3) is 0 Å². The molecule has 144 valence electrons. The second-order valence-corrected chi connectivity index (χ2v) is 6.16. The topological polar surface area (TPSA) is 109 Å². The van der Waals surface area contributed by atoms with Gasteiger partial charge in [0.2, 0.25) is 11.6 Å². The molecule has 0 spiro atoms. The number of aromatic nitrogens is 2. The Morgan fingerprint density at radius 2 is 1.81 bits per heavy atom. The zero-order valence-electron chi connectivity index (χ0n) is 15.4. The Bertz CT molecular complexity index is 777. The van der Waals surface area contributed by atoms with Crippen molar-refractivity contribution in [1.82, 2.24) is 19.9 Å². The van der Waals surface area contributed by atoms with Gasteiger partial charge in [-0.1, -0.05) is 0 Å². The highest BCUT2D eigenvalue weighted by Gasteiger charge is 2.25. The molecular weight excluding hydrogens is 350 g/mol. The zero-order chi connectivity index (χ0) is 19.2. The predicted octanol–water partition coefficient (Wildman–Crippen LogP) is 2.10. The molecule has 1 fully saturated rings. The van der Waals surface area contributed by atoms with E-state index in [-0.39, 0.29) is 17.3 Å². The SMILES string of the molecule is CCOc1ccc(Nc2ncnc(NN3CCN(C)CC3)c2[N+](=O)[O-])cc1. The summed E-state index contributed by atoms with van der Waals surface area (Å²) in [7, 11) is 2.04. The number of nitrogens with one attached hydrogen (secondary N) is 2. The predicted molar refractivity (Wildman–Crippen MR) is 102 cm³/mol. The van der Waals surface area contributed by atoms with Crippen LogP contribution in [0.5, 0.6) is 5.75 Å². The van der Waals surface area contributed by atoms with Crippen molar-refractivity contribution in [2.45, 2.75) is 6.92 Å². The summed E-state index contributed by atoms with van der Waals surface area (Å²) >= 11 is 0. The van der Waals surface area contributed by atoms with Gasteiger partial charge < -0.3 is 15.0 Å². The van der Waals surface area contributed by atoms with Gasteiger partial charge in [-0.05, 0) is 38.2 Å². The molecule has 0 radical (unpaired) electrons. The number of hydrogen-bond acceptors (Lipinski definition) is 9. The largest absolute Gasteiger partial charge is 0.494 e. The number of benzene rings is 1. The molecule has 0 bridgehead atoms. The number of hydrogen-bond donors (Lipinski definition) is 2. The molecule has 1 aromatic heterocycles. The zero-order valence-corrected chi connectivity index (χ0v) is 15.4. The second-order valence-electron chi connectivity index (χ2n) is 6.16. The Labute approximate surface area is 157 Å². The number of nitrogens with zero attached hydrogens (tertiary/aromatic N) is 5. The van der Waals surface area contributed by atoms with Crippen LogP contribution in [0.1, 0.15) is 6.92 Å². The first-order chi connectivity index (χ1) is 13.1. The van der Waals surface area contributed by atoms with Gasteiger partial charge in [0, 0.05) is 31.9 Å². The van der Waals surface area contributed by atoms with Crippen molar-refractivity contribution in [3.05, 3.63) is 40.7 Å². The highest BCUT2D eigenvalue weighted by molar-refractivity contribution is 5.73. The summed E-state index contributed by atoms with van der Waals surface area (Å²) in [4.78, 5) is 21.5. The first kappa shape index (κ1) is 18.8. The van der Waals surface area contributed by atoms with E-state index in [4.69, 9.17) is 4.74 Å². The molecule has 1 saturated heterocycles. The maximum atomic E-state index is 11.7. The van der Waals surface area contributed by atoms with Gasteiger partial charge in [0.1, 0.15) is 12.1 Å². The molecule has 0 saturated carbocycles. The van der Waals surface area contributed by atoms with E-state index >= 15 is 0 Å². The van der Waals surface area contributed by atoms with E-state index in [0.29, 0.717) is 12.3 Å². The molecule has 0 atom stereocenters. The number of ether oxygens (including phenoxy) is 1. The van der Waals surface area contributed by atoms with E-state index in [1.165, 1.54) is 6.33 Å². The Kier molecular flexibility index (Phi) is 5.99. The van der Waals surface area contributed by atoms with Gasteiger partial charge in [-0.3, -0.25) is 15.5 Å². The summed E-state index contributed by atoms with van der Waals surface area (Å²) < 4.78 is 5.40. The third-order valence-corrected chi connectivity index (χ3v) is 4.20. The van der Waals surface area contributed by atoms with Crippen LogP contribution in [0.4, 0.5) is 23.0 Å². The molecule has 2 aromatic rings. The number of anilines is 3. The van der Waals surface area contributed by atoms with Crippen molar-refractivity contribution in [3.63, 3.8) is 0 Å². The first-order valence-electron chi connectivity index (χ1n) is 8.76. The van der Waals surface area contributed by atoms with Crippen LogP contribution in [0.15, 0.2) is 30.6 Å². The van der Waals surface area contributed by atoms with Crippen molar-refractivity contribution in [2.24, 2.45) is 0 Å². The quantitative estimate of drug-likeness (QED) is 0.557. The van der Waals surface area contributed by atoms with Crippen LogP contribution in [0, 0.1) is 10.1 Å². The smallest absolute Gasteiger partial charge is 0.354 e. The number of hydrazine groups is 1. The minimum atomic E-state index is -0.477. The minimum absolute atomic E-state index is 0.135. The maximum absolute atomic E-state index is 11.7. The van der Waals surface area contributed by atoms with Crippen molar-refractivity contribution in [3.8, 4) is 5.75 Å². The van der Waals surface area contributed by atoms with E-state index in [1.807, 2.05) is 19.0 Å². The van der Waals surface area contributed by atoms with Crippen LogP contribution in [0.25, 0.3) is 0 Å². The lowest BCUT2D eigenvalue weighted by Gasteiger charge is -2.32. The molecule has 0 aliphatic carbocycles. The molecular formula is C17H23N7O3. The van der Waals surface area contributed by atoms with Crippen LogP contribution in [0.2, 0.25) is 0 Å². The third kappa shape index (κ3) is 4.80. The number of piperazine rings is 1. The van der Waals surface area contributed by atoms with E-state index in [9.17, 15) is 10.1 Å². The van der Waals surface area contributed by atoms with Crippen molar-refractivity contribution < 1.29 is 9.66 Å². The summed E-state index contributed by atoms with van der Waals surface area (Å²) in [5.74, 6) is 1.04. The number of rotatable bonds is 7. The van der Waals surface area contributed by atoms with E-state index < -0.39 is 4.92 Å². The van der Waals surface area contributed by atoms with Gasteiger partial charge >= 0.3 is 5.69 Å². The molecule has 2 heterocycles. The number of likely N-dealkylation sites (N-methyl/N-ethyl adjacent to an activating group) is 1. The molecule has 1 aliphatic rings. The second kappa shape index (κ2) is 8.60. The highest BCUT2D eigenvalue weighted by atomic mass is 16.6. The Morgan fingerprint density at radius 1 is 1.15 bits per heavy atom. The monoisotopic (exact) mass is 373 g/mol. The lowest BCUT2D eigenvalue weighted by molar-refractivity contribution is -0.383. The standard InChI is InChI=1S/C17H23N7O3/c1-3-27-14-6-4-13(5-7-14)20-16-15(24(25)26)17(19-12-18-16)21-23-10-8-22(2)9-11-23/h4-7,12H,3,8-11H2,1-2H3,(H2,18,19,20,21). The van der Waals surface area contributed by atoms with Gasteiger partial charge in [-0.15, -0.1) is 0 Å². The van der Waals surface area contributed by atoms with Crippen LogP contribution in [-0.2, 0) is 0 Å². The van der Waals surface area contributed by atoms with Crippen molar-refractivity contribution >= 4 is 23.0 Å². The Balaban J connectivity index is 1.79. The molecule has 0 unspecified atom stereocenters. The molecule has 3 rings (SSSR count). The third-order valence-electron chi connectivity index (χ3n) is 4.20. The van der Waals surface area contributed by atoms with Gasteiger partial charge in [0.05, 0.1) is 11.5 Å². The van der Waals surface area contributed by atoms with Gasteiger partial charge in [-0.25, -0.2) is 15.0 Å². The molecule has 1 aromatic carbocycles. The molecule has 10 nitrogen and oxygen atoms in total. The van der Waals surface area contributed by atoms with Crippen LogP contribution in [-0.4, -0.2) is 64.6 Å². The highest BCUT2D eigenvalue weighted by Crippen LogP contribution is 2.31. The summed E-state index contributed by atoms with van der Waals surface area (Å²) in [6.45, 7) is 5.74. The summed E-state index contributed by atoms with van der Waals surface area (Å²) in [5.41, 5.74) is 3.54. The normalized spacial score (nSPS) is 15.3. The molecule has 10 heteroatoms. The fourth-order valence-corrected chi connectivity index (χ4v) is 2.73. The summed E-state index contributed by atoms with van der Waals surface area (Å²) in [6, 6.07) is 7.15. The van der Waals surface area contributed by atoms with Crippen LogP contribution in [0.3, 0.4) is 0 Å². The van der Waals surface area contributed by atoms with E-state index in [1.54, 1.807) is 24.3 Å². The average Bonchev–Trinajstić information content (AvgIpc) is 2.65. The van der Waals surface area contributed by atoms with E-state index in [0.717, 1.165) is 31.9 Å². The van der Waals surface area contributed by atoms with Gasteiger partial charge in [-0.2, -0.15) is 0 Å². The van der Waals surface area contributed by atoms with E-state index in [2.05, 4.69) is 25.6 Å². The lowest BCUT2D eigenvalue weighted by Crippen LogP contribution is -2.47. The lowest BCUT2D eigenvalue weighted by atomic mass is 10.3. The maximum Gasteiger partial charge on any atom is 0.354 e. The minimum Gasteiger partial charge on any atom is -0.494 e. The molecule has 2 N–H and O–H groups in total. The van der Waals surface area contributed by atoms with Crippen molar-refractivity contribution in [1.29, 1.82) is 0 Å². The Hall–Kier alpha value is -2.98. The first-order valence-corrected chi connectivity index (χ1v) is 8.76. The summed E-state index contributed by atoms with van der Waals surface area (Å²) in [6.07, 6.45) is 1.31. The van der Waals surface area contributed by atoms with Gasteiger partial charge in [0.15, 0.2) is 0 Å². The molecule has 27 heavy (non-hydrogen) atoms. The fraction of sp³-hybridized carbons (Fsp3) is 0.412. The number of nitro groups is 1. The average molecular weight is 373 g/mol. The molecule has 1 aliphatic heterocycles. The Morgan fingerprint density at radius 3 is 2.44 bits per heavy atom. The summed E-state index contributed by atoms with van der Waals surface area (Å²) in [5, 5.41) is 16.6. The molecule has 0 amide bonds. The van der Waals surface area contributed by atoms with Crippen LogP contribution < -0.4 is 15.5 Å². The van der Waals surface area contributed by atoms with Crippen molar-refractivity contribution in [2.75, 3.05) is 50.6 Å².